The van der Waals surface area contributed by atoms with Gasteiger partial charge in [0.25, 0.3) is 5.91 Å². The number of hydrogen-bond acceptors (Lipinski definition) is 4. The molecule has 0 aliphatic rings. The van der Waals surface area contributed by atoms with Gasteiger partial charge in [-0.2, -0.15) is 5.10 Å². The summed E-state index contributed by atoms with van der Waals surface area (Å²) in [5.74, 6) is -0.298. The lowest BCUT2D eigenvalue weighted by Gasteiger charge is -2.22. The first-order chi connectivity index (χ1) is 8.52. The van der Waals surface area contributed by atoms with Gasteiger partial charge in [-0.1, -0.05) is 6.07 Å². The van der Waals surface area contributed by atoms with Crippen LogP contribution in [0.3, 0.4) is 0 Å². The maximum Gasteiger partial charge on any atom is 0.272 e. The highest BCUT2D eigenvalue weighted by Crippen LogP contribution is 2.22. The Morgan fingerprint density at radius 3 is 3.00 bits per heavy atom. The Labute approximate surface area is 109 Å². The van der Waals surface area contributed by atoms with Crippen molar-refractivity contribution in [1.29, 1.82) is 0 Å². The number of nitrogens with zero attached hydrogens (tertiary/aromatic N) is 1. The molecule has 2 aromatic rings. The summed E-state index contributed by atoms with van der Waals surface area (Å²) in [7, 11) is 0. The molecule has 5 nitrogen and oxygen atoms in total. The van der Waals surface area contributed by atoms with E-state index in [4.69, 9.17) is 5.11 Å². The molecule has 1 amide bonds. The number of nitrogens with one attached hydrogen (secondary N) is 2. The summed E-state index contributed by atoms with van der Waals surface area (Å²) in [6.45, 7) is 3.37. The van der Waals surface area contributed by atoms with Crippen molar-refractivity contribution < 1.29 is 9.90 Å². The molecule has 2 heterocycles. The molecule has 18 heavy (non-hydrogen) atoms. The van der Waals surface area contributed by atoms with Crippen molar-refractivity contribution in [2.75, 3.05) is 6.61 Å². The summed E-state index contributed by atoms with van der Waals surface area (Å²) in [6, 6.07) is 5.60. The van der Waals surface area contributed by atoms with Crippen LogP contribution in [0, 0.1) is 0 Å². The number of carbonyl (C=O) groups excluding carboxylic acids is 1. The number of H-pyrrole nitrogens is 1. The number of aliphatic hydroxyl groups is 1. The van der Waals surface area contributed by atoms with E-state index < -0.39 is 5.54 Å². The fourth-order valence-corrected chi connectivity index (χ4v) is 2.10. The van der Waals surface area contributed by atoms with E-state index in [1.54, 1.807) is 31.3 Å². The molecule has 0 atom stereocenters. The van der Waals surface area contributed by atoms with E-state index in [0.717, 1.165) is 10.6 Å². The van der Waals surface area contributed by atoms with E-state index in [2.05, 4.69) is 15.5 Å². The predicted octanol–water partition coefficient (Wildman–Crippen LogP) is 1.64. The first-order valence-corrected chi connectivity index (χ1v) is 6.42. The fraction of sp³-hybridized carbons (Fsp3) is 0.333. The molecule has 0 aromatic carbocycles. The maximum absolute atomic E-state index is 11.9. The van der Waals surface area contributed by atoms with Crippen LogP contribution in [0.25, 0.3) is 10.6 Å². The van der Waals surface area contributed by atoms with Crippen LogP contribution in [0.15, 0.2) is 23.6 Å². The number of rotatable bonds is 4. The van der Waals surface area contributed by atoms with Crippen molar-refractivity contribution in [2.45, 2.75) is 19.4 Å². The van der Waals surface area contributed by atoms with Gasteiger partial charge in [0.05, 0.1) is 22.7 Å². The Kier molecular flexibility index (Phi) is 3.49. The van der Waals surface area contributed by atoms with Crippen LogP contribution in [0.1, 0.15) is 24.3 Å². The standard InChI is InChI=1S/C12H15N3O2S/c1-12(2,7-16)13-11(17)9-6-8(14-15-9)10-4-3-5-18-10/h3-6,16H,7H2,1-2H3,(H,13,17)(H,14,15). The van der Waals surface area contributed by atoms with Gasteiger partial charge in [-0.3, -0.25) is 9.89 Å². The number of thiophene rings is 1. The van der Waals surface area contributed by atoms with Crippen molar-refractivity contribution in [3.63, 3.8) is 0 Å². The summed E-state index contributed by atoms with van der Waals surface area (Å²) >= 11 is 1.58. The summed E-state index contributed by atoms with van der Waals surface area (Å²) < 4.78 is 0. The van der Waals surface area contributed by atoms with Gasteiger partial charge in [-0.05, 0) is 31.4 Å². The summed E-state index contributed by atoms with van der Waals surface area (Å²) in [6.07, 6.45) is 0. The molecule has 0 fully saturated rings. The average molecular weight is 265 g/mol. The second kappa shape index (κ2) is 4.91. The molecule has 2 aromatic heterocycles. The van der Waals surface area contributed by atoms with Crippen molar-refractivity contribution in [1.82, 2.24) is 15.5 Å². The van der Waals surface area contributed by atoms with Crippen LogP contribution >= 0.6 is 11.3 Å². The van der Waals surface area contributed by atoms with Crippen LogP contribution in [0.4, 0.5) is 0 Å². The second-order valence-corrected chi connectivity index (χ2v) is 5.59. The Hall–Kier alpha value is -1.66. The number of aliphatic hydroxyl groups excluding tert-OH is 1. The smallest absolute Gasteiger partial charge is 0.272 e. The monoisotopic (exact) mass is 265 g/mol. The van der Waals surface area contributed by atoms with E-state index in [9.17, 15) is 4.79 Å². The van der Waals surface area contributed by atoms with Crippen LogP contribution in [-0.2, 0) is 0 Å². The van der Waals surface area contributed by atoms with Crippen LogP contribution in [-0.4, -0.2) is 33.4 Å². The van der Waals surface area contributed by atoms with Crippen LogP contribution in [0.5, 0.6) is 0 Å². The van der Waals surface area contributed by atoms with Gasteiger partial charge in [0.2, 0.25) is 0 Å². The molecule has 0 bridgehead atoms. The van der Waals surface area contributed by atoms with Gasteiger partial charge in [0.15, 0.2) is 5.69 Å². The normalized spacial score (nSPS) is 11.5. The zero-order valence-electron chi connectivity index (χ0n) is 10.2. The Bertz CT molecular complexity index is 531. The molecular weight excluding hydrogens is 250 g/mol. The lowest BCUT2D eigenvalue weighted by Crippen LogP contribution is -2.46. The molecule has 0 radical (unpaired) electrons. The highest BCUT2D eigenvalue weighted by atomic mass is 32.1. The van der Waals surface area contributed by atoms with E-state index in [0.29, 0.717) is 5.69 Å². The van der Waals surface area contributed by atoms with Gasteiger partial charge < -0.3 is 10.4 Å². The van der Waals surface area contributed by atoms with Crippen molar-refractivity contribution in [2.24, 2.45) is 0 Å². The Morgan fingerprint density at radius 1 is 1.61 bits per heavy atom. The van der Waals surface area contributed by atoms with Gasteiger partial charge in [-0.25, -0.2) is 0 Å². The van der Waals surface area contributed by atoms with E-state index in [1.165, 1.54) is 0 Å². The molecule has 0 spiro atoms. The number of amides is 1. The maximum atomic E-state index is 11.9. The zero-order chi connectivity index (χ0) is 13.2. The molecule has 96 valence electrons. The molecule has 6 heteroatoms. The zero-order valence-corrected chi connectivity index (χ0v) is 11.0. The molecule has 0 aliphatic carbocycles. The number of hydrogen-bond donors (Lipinski definition) is 3. The molecule has 2 rings (SSSR count). The lowest BCUT2D eigenvalue weighted by molar-refractivity contribution is 0.0864. The Morgan fingerprint density at radius 2 is 2.39 bits per heavy atom. The second-order valence-electron chi connectivity index (χ2n) is 4.64. The third-order valence-electron chi connectivity index (χ3n) is 2.44. The number of carbonyl (C=O) groups is 1. The highest BCUT2D eigenvalue weighted by Gasteiger charge is 2.21. The van der Waals surface area contributed by atoms with Gasteiger partial charge in [0.1, 0.15) is 0 Å². The quantitative estimate of drug-likeness (QED) is 0.786. The van der Waals surface area contributed by atoms with Gasteiger partial charge in [0, 0.05) is 0 Å². The number of aromatic nitrogens is 2. The van der Waals surface area contributed by atoms with E-state index >= 15 is 0 Å². The van der Waals surface area contributed by atoms with Crippen LogP contribution in [0.2, 0.25) is 0 Å². The SMILES string of the molecule is CC(C)(CO)NC(=O)c1cc(-c2cccs2)[nH]n1. The predicted molar refractivity (Wildman–Crippen MR) is 70.5 cm³/mol. The largest absolute Gasteiger partial charge is 0.394 e. The lowest BCUT2D eigenvalue weighted by atomic mass is 10.1. The first kappa shape index (κ1) is 12.8. The summed E-state index contributed by atoms with van der Waals surface area (Å²) in [4.78, 5) is 12.9. The number of aromatic amines is 1. The van der Waals surface area contributed by atoms with Gasteiger partial charge in [-0.15, -0.1) is 11.3 Å². The molecule has 0 saturated heterocycles. The minimum atomic E-state index is -0.654. The molecule has 0 saturated carbocycles. The first-order valence-electron chi connectivity index (χ1n) is 5.54. The van der Waals surface area contributed by atoms with Crippen LogP contribution < -0.4 is 5.32 Å². The third-order valence-corrected chi connectivity index (χ3v) is 3.35. The summed E-state index contributed by atoms with van der Waals surface area (Å²) in [5, 5.41) is 20.6. The minimum absolute atomic E-state index is 0.124. The average Bonchev–Trinajstić information content (AvgIpc) is 2.99. The highest BCUT2D eigenvalue weighted by molar-refractivity contribution is 7.13. The molecular formula is C12H15N3O2S. The molecule has 0 aliphatic heterocycles. The minimum Gasteiger partial charge on any atom is -0.394 e. The van der Waals surface area contributed by atoms with E-state index in [-0.39, 0.29) is 12.5 Å². The molecule has 3 N–H and O–H groups in total. The van der Waals surface area contributed by atoms with Crippen molar-refractivity contribution >= 4 is 17.2 Å². The Balaban J connectivity index is 2.13. The topological polar surface area (TPSA) is 78.0 Å². The van der Waals surface area contributed by atoms with Crippen molar-refractivity contribution in [3.8, 4) is 10.6 Å². The summed E-state index contributed by atoms with van der Waals surface area (Å²) in [5.41, 5.74) is 0.482. The van der Waals surface area contributed by atoms with Gasteiger partial charge >= 0.3 is 0 Å². The van der Waals surface area contributed by atoms with Crippen molar-refractivity contribution in [3.05, 3.63) is 29.3 Å². The van der Waals surface area contributed by atoms with E-state index in [1.807, 2.05) is 17.5 Å². The molecule has 0 unspecified atom stereocenters. The fourth-order valence-electron chi connectivity index (χ4n) is 1.41. The third kappa shape index (κ3) is 2.77.